The Balaban J connectivity index is 1.63. The number of benzene rings is 2. The first-order valence-electron chi connectivity index (χ1n) is 11.4. The molecule has 1 aliphatic carbocycles. The maximum Gasteiger partial charge on any atom is 0.407 e. The molecule has 2 aromatic rings. The van der Waals surface area contributed by atoms with Crippen LogP contribution >= 0.6 is 0 Å². The summed E-state index contributed by atoms with van der Waals surface area (Å²) in [6, 6.07) is 15.4. The van der Waals surface area contributed by atoms with Crippen LogP contribution in [0.4, 0.5) is 4.79 Å². The largest absolute Gasteiger partial charge is 0.481 e. The summed E-state index contributed by atoms with van der Waals surface area (Å²) in [6.07, 6.45) is 0.160. The lowest BCUT2D eigenvalue weighted by molar-refractivity contribution is -0.141. The quantitative estimate of drug-likeness (QED) is 0.502. The molecule has 0 aliphatic heterocycles. The number of hydrogen-bond acceptors (Lipinski definition) is 4. The Kier molecular flexibility index (Phi) is 8.09. The van der Waals surface area contributed by atoms with Crippen molar-refractivity contribution in [3.05, 3.63) is 59.7 Å². The molecule has 7 nitrogen and oxygen atoms in total. The maximum atomic E-state index is 12.7. The molecule has 2 amide bonds. The lowest BCUT2D eigenvalue weighted by Gasteiger charge is -2.22. The van der Waals surface area contributed by atoms with Gasteiger partial charge in [0.25, 0.3) is 0 Å². The summed E-state index contributed by atoms with van der Waals surface area (Å²) >= 11 is 0. The van der Waals surface area contributed by atoms with E-state index in [2.05, 4.69) is 22.8 Å². The van der Waals surface area contributed by atoms with E-state index in [4.69, 9.17) is 4.74 Å². The van der Waals surface area contributed by atoms with Gasteiger partial charge in [-0.05, 0) is 41.0 Å². The van der Waals surface area contributed by atoms with E-state index in [1.165, 1.54) is 0 Å². The SMILES string of the molecule is CCC(CNC(=O)[C@H](CC(C)C)NC(=O)OCC1c2ccccc2-c2ccccc21)C(=O)O. The number of carboxylic acids is 1. The topological polar surface area (TPSA) is 105 Å². The second kappa shape index (κ2) is 11.0. The van der Waals surface area contributed by atoms with Gasteiger partial charge >= 0.3 is 12.1 Å². The molecule has 0 radical (unpaired) electrons. The number of nitrogens with one attached hydrogen (secondary N) is 2. The van der Waals surface area contributed by atoms with Crippen molar-refractivity contribution in [1.82, 2.24) is 10.6 Å². The fraction of sp³-hybridized carbons (Fsp3) is 0.423. The highest BCUT2D eigenvalue weighted by Gasteiger charge is 2.30. The van der Waals surface area contributed by atoms with Crippen molar-refractivity contribution in [2.75, 3.05) is 13.2 Å². The monoisotopic (exact) mass is 452 g/mol. The number of carbonyl (C=O) groups is 3. The summed E-state index contributed by atoms with van der Waals surface area (Å²) in [7, 11) is 0. The Morgan fingerprint density at radius 3 is 2.09 bits per heavy atom. The number of alkyl carbamates (subject to hydrolysis) is 1. The van der Waals surface area contributed by atoms with Gasteiger partial charge in [-0.3, -0.25) is 9.59 Å². The van der Waals surface area contributed by atoms with E-state index in [9.17, 15) is 19.5 Å². The van der Waals surface area contributed by atoms with E-state index in [1.54, 1.807) is 6.92 Å². The summed E-state index contributed by atoms with van der Waals surface area (Å²) in [5.41, 5.74) is 4.51. The fourth-order valence-corrected chi connectivity index (χ4v) is 4.24. The average molecular weight is 453 g/mol. The maximum absolute atomic E-state index is 12.7. The van der Waals surface area contributed by atoms with E-state index < -0.39 is 29.9 Å². The van der Waals surface area contributed by atoms with E-state index in [0.717, 1.165) is 22.3 Å². The molecule has 0 saturated heterocycles. The Bertz CT molecular complexity index is 958. The Hall–Kier alpha value is -3.35. The van der Waals surface area contributed by atoms with E-state index in [0.29, 0.717) is 12.8 Å². The molecule has 1 aliphatic rings. The van der Waals surface area contributed by atoms with Crippen molar-refractivity contribution in [1.29, 1.82) is 0 Å². The highest BCUT2D eigenvalue weighted by Crippen LogP contribution is 2.44. The van der Waals surface area contributed by atoms with Crippen LogP contribution in [-0.2, 0) is 14.3 Å². The smallest absolute Gasteiger partial charge is 0.407 e. The van der Waals surface area contributed by atoms with Gasteiger partial charge in [0.1, 0.15) is 12.6 Å². The fourth-order valence-electron chi connectivity index (χ4n) is 4.24. The van der Waals surface area contributed by atoms with Crippen molar-refractivity contribution < 1.29 is 24.2 Å². The number of carboxylic acid groups (broad SMARTS) is 1. The van der Waals surface area contributed by atoms with Crippen LogP contribution in [0.25, 0.3) is 11.1 Å². The molecule has 3 N–H and O–H groups in total. The zero-order valence-corrected chi connectivity index (χ0v) is 19.3. The molecule has 0 heterocycles. The van der Waals surface area contributed by atoms with Crippen LogP contribution in [0.1, 0.15) is 50.7 Å². The van der Waals surface area contributed by atoms with Gasteiger partial charge in [-0.15, -0.1) is 0 Å². The molecular formula is C26H32N2O5. The zero-order chi connectivity index (χ0) is 24.0. The van der Waals surface area contributed by atoms with Gasteiger partial charge in [0.2, 0.25) is 5.91 Å². The van der Waals surface area contributed by atoms with E-state index in [-0.39, 0.29) is 25.0 Å². The normalized spacial score (nSPS) is 14.2. The molecule has 176 valence electrons. The molecule has 0 saturated carbocycles. The van der Waals surface area contributed by atoms with Gasteiger partial charge in [-0.2, -0.15) is 0 Å². The lowest BCUT2D eigenvalue weighted by atomic mass is 9.98. The minimum absolute atomic E-state index is 0.0195. The molecule has 0 fully saturated rings. The predicted molar refractivity (Wildman–Crippen MR) is 126 cm³/mol. The number of amides is 2. The summed E-state index contributed by atoms with van der Waals surface area (Å²) in [5, 5.41) is 14.5. The van der Waals surface area contributed by atoms with Crippen LogP contribution < -0.4 is 10.6 Å². The third-order valence-corrected chi connectivity index (χ3v) is 6.02. The highest BCUT2D eigenvalue weighted by atomic mass is 16.5. The molecule has 1 unspecified atom stereocenters. The molecule has 2 atom stereocenters. The number of aliphatic carboxylic acids is 1. The number of ether oxygens (including phenoxy) is 1. The van der Waals surface area contributed by atoms with Crippen LogP contribution in [0.2, 0.25) is 0 Å². The Labute approximate surface area is 194 Å². The molecular weight excluding hydrogens is 420 g/mol. The average Bonchev–Trinajstić information content (AvgIpc) is 3.11. The lowest BCUT2D eigenvalue weighted by Crippen LogP contribution is -2.49. The third-order valence-electron chi connectivity index (χ3n) is 6.02. The second-order valence-electron chi connectivity index (χ2n) is 8.84. The Morgan fingerprint density at radius 2 is 1.58 bits per heavy atom. The summed E-state index contributed by atoms with van der Waals surface area (Å²) in [6.45, 7) is 5.83. The molecule has 3 rings (SSSR count). The third kappa shape index (κ3) is 5.92. The number of carbonyl (C=O) groups excluding carboxylic acids is 2. The van der Waals surface area contributed by atoms with Gasteiger partial charge in [-0.1, -0.05) is 69.3 Å². The zero-order valence-electron chi connectivity index (χ0n) is 19.3. The molecule has 0 aromatic heterocycles. The van der Waals surface area contributed by atoms with E-state index in [1.807, 2.05) is 50.2 Å². The van der Waals surface area contributed by atoms with Crippen molar-refractivity contribution in [2.45, 2.75) is 45.6 Å². The first kappa shape index (κ1) is 24.3. The van der Waals surface area contributed by atoms with Crippen molar-refractivity contribution >= 4 is 18.0 Å². The van der Waals surface area contributed by atoms with Crippen molar-refractivity contribution in [2.24, 2.45) is 11.8 Å². The van der Waals surface area contributed by atoms with E-state index >= 15 is 0 Å². The first-order valence-corrected chi connectivity index (χ1v) is 11.4. The number of fused-ring (bicyclic) bond motifs is 3. The molecule has 0 spiro atoms. The van der Waals surface area contributed by atoms with Gasteiger partial charge in [0.05, 0.1) is 5.92 Å². The van der Waals surface area contributed by atoms with Gasteiger partial charge in [0, 0.05) is 12.5 Å². The number of hydrogen-bond donors (Lipinski definition) is 3. The summed E-state index contributed by atoms with van der Waals surface area (Å²) < 4.78 is 5.56. The van der Waals surface area contributed by atoms with Crippen LogP contribution in [0, 0.1) is 11.8 Å². The predicted octanol–water partition coefficient (Wildman–Crippen LogP) is 4.17. The molecule has 7 heteroatoms. The summed E-state index contributed by atoms with van der Waals surface area (Å²) in [4.78, 5) is 36.5. The second-order valence-corrected chi connectivity index (χ2v) is 8.84. The van der Waals surface area contributed by atoms with Crippen molar-refractivity contribution in [3.63, 3.8) is 0 Å². The summed E-state index contributed by atoms with van der Waals surface area (Å²) in [5.74, 6) is -1.94. The molecule has 33 heavy (non-hydrogen) atoms. The highest BCUT2D eigenvalue weighted by molar-refractivity contribution is 5.86. The minimum atomic E-state index is -0.956. The van der Waals surface area contributed by atoms with Crippen LogP contribution in [0.3, 0.4) is 0 Å². The Morgan fingerprint density at radius 1 is 1.00 bits per heavy atom. The number of rotatable bonds is 10. The standard InChI is InChI=1S/C26H32N2O5/c1-4-17(25(30)31)14-27-24(29)23(13-16(2)3)28-26(32)33-15-22-20-11-7-5-9-18(20)19-10-6-8-12-21(19)22/h5-12,16-17,22-23H,4,13-15H2,1-3H3,(H,27,29)(H,28,32)(H,30,31)/t17?,23-/m0/s1. The molecule has 0 bridgehead atoms. The van der Waals surface area contributed by atoms with Gasteiger partial charge < -0.3 is 20.5 Å². The van der Waals surface area contributed by atoms with Crippen LogP contribution in [0.15, 0.2) is 48.5 Å². The van der Waals surface area contributed by atoms with Crippen molar-refractivity contribution in [3.8, 4) is 11.1 Å². The van der Waals surface area contributed by atoms with Crippen LogP contribution in [0.5, 0.6) is 0 Å². The van der Waals surface area contributed by atoms with Gasteiger partial charge in [0.15, 0.2) is 0 Å². The van der Waals surface area contributed by atoms with Crippen LogP contribution in [-0.4, -0.2) is 42.3 Å². The first-order chi connectivity index (χ1) is 15.8. The molecule has 2 aromatic carbocycles. The van der Waals surface area contributed by atoms with Gasteiger partial charge in [-0.25, -0.2) is 4.79 Å². The minimum Gasteiger partial charge on any atom is -0.481 e.